The zero-order chi connectivity index (χ0) is 15.5. The van der Waals surface area contributed by atoms with E-state index in [0.29, 0.717) is 14.9 Å². The number of aliphatic carboxylic acids is 1. The van der Waals surface area contributed by atoms with Crippen LogP contribution in [0, 0.1) is 0 Å². The van der Waals surface area contributed by atoms with E-state index in [9.17, 15) is 9.59 Å². The molecular weight excluding hydrogens is 321 g/mol. The largest absolute Gasteiger partial charge is 0.480 e. The molecule has 4 nitrogen and oxygen atoms in total. The van der Waals surface area contributed by atoms with Crippen molar-refractivity contribution >= 4 is 46.8 Å². The number of nitrogens with zero attached hydrogens (tertiary/aromatic N) is 1. The Morgan fingerprint density at radius 3 is 2.50 bits per heavy atom. The number of amides is 1. The Morgan fingerprint density at radius 1 is 1.35 bits per heavy atom. The second-order valence-corrected chi connectivity index (χ2v) is 6.54. The zero-order valence-corrected chi connectivity index (χ0v) is 13.6. The zero-order valence-electron chi connectivity index (χ0n) is 11.3. The second kappa shape index (κ2) is 6.70. The van der Waals surface area contributed by atoms with E-state index in [4.69, 9.17) is 28.3 Å². The van der Waals surface area contributed by atoms with Crippen molar-refractivity contribution in [2.75, 3.05) is 12.8 Å². The van der Waals surface area contributed by atoms with Crippen molar-refractivity contribution in [2.24, 2.45) is 0 Å². The van der Waals surface area contributed by atoms with E-state index in [1.54, 1.807) is 18.2 Å². The predicted molar refractivity (Wildman–Crippen MR) is 81.7 cm³/mol. The van der Waals surface area contributed by atoms with Crippen LogP contribution < -0.4 is 0 Å². The first-order valence-corrected chi connectivity index (χ1v) is 7.48. The number of carboxylic acid groups (broad SMARTS) is 1. The summed E-state index contributed by atoms with van der Waals surface area (Å²) < 4.78 is 0. The molecule has 1 rings (SSSR count). The van der Waals surface area contributed by atoms with Gasteiger partial charge in [0, 0.05) is 17.0 Å². The standard InChI is InChI=1S/C13H15Cl2NO3S/c1-13(2,12(18)19)16(3)11(17)7-20-10-6-8(14)4-5-9(10)15/h4-6H,7H2,1-3H3,(H,18,19). The van der Waals surface area contributed by atoms with Crippen molar-refractivity contribution in [1.82, 2.24) is 4.90 Å². The quantitative estimate of drug-likeness (QED) is 0.837. The summed E-state index contributed by atoms with van der Waals surface area (Å²) >= 11 is 13.1. The monoisotopic (exact) mass is 335 g/mol. The molecule has 1 amide bonds. The Morgan fingerprint density at radius 2 is 1.95 bits per heavy atom. The van der Waals surface area contributed by atoms with E-state index in [0.717, 1.165) is 0 Å². The molecule has 1 N–H and O–H groups in total. The van der Waals surface area contributed by atoms with Gasteiger partial charge < -0.3 is 10.0 Å². The molecule has 0 atom stereocenters. The molecule has 0 radical (unpaired) electrons. The highest BCUT2D eigenvalue weighted by Gasteiger charge is 2.34. The smallest absolute Gasteiger partial charge is 0.329 e. The van der Waals surface area contributed by atoms with Gasteiger partial charge in [-0.25, -0.2) is 4.79 Å². The maximum Gasteiger partial charge on any atom is 0.329 e. The number of carbonyl (C=O) groups is 2. The van der Waals surface area contributed by atoms with Crippen molar-refractivity contribution in [3.63, 3.8) is 0 Å². The fraction of sp³-hybridized carbons (Fsp3) is 0.385. The maximum absolute atomic E-state index is 12.0. The third-order valence-electron chi connectivity index (χ3n) is 2.98. The van der Waals surface area contributed by atoms with Crippen LogP contribution in [0.15, 0.2) is 23.1 Å². The molecular formula is C13H15Cl2NO3S. The summed E-state index contributed by atoms with van der Waals surface area (Å²) in [5.74, 6) is -1.26. The molecule has 110 valence electrons. The summed E-state index contributed by atoms with van der Waals surface area (Å²) in [5.41, 5.74) is -1.25. The van der Waals surface area contributed by atoms with Gasteiger partial charge in [-0.05, 0) is 32.0 Å². The summed E-state index contributed by atoms with van der Waals surface area (Å²) in [7, 11) is 1.47. The van der Waals surface area contributed by atoms with Crippen molar-refractivity contribution in [1.29, 1.82) is 0 Å². The topological polar surface area (TPSA) is 57.6 Å². The molecule has 0 bridgehead atoms. The van der Waals surface area contributed by atoms with E-state index in [1.807, 2.05) is 0 Å². The van der Waals surface area contributed by atoms with Crippen molar-refractivity contribution in [3.8, 4) is 0 Å². The van der Waals surface area contributed by atoms with Crippen LogP contribution >= 0.6 is 35.0 Å². The number of halogens is 2. The van der Waals surface area contributed by atoms with E-state index in [2.05, 4.69) is 0 Å². The van der Waals surface area contributed by atoms with Crippen LogP contribution in [-0.4, -0.2) is 40.2 Å². The lowest BCUT2D eigenvalue weighted by molar-refractivity contribution is -0.154. The Bertz CT molecular complexity index is 534. The highest BCUT2D eigenvalue weighted by molar-refractivity contribution is 8.00. The van der Waals surface area contributed by atoms with Gasteiger partial charge in [-0.1, -0.05) is 23.2 Å². The van der Waals surface area contributed by atoms with Gasteiger partial charge in [0.2, 0.25) is 5.91 Å². The molecule has 1 aromatic carbocycles. The number of carboxylic acids is 1. The first-order valence-electron chi connectivity index (χ1n) is 5.74. The molecule has 0 spiro atoms. The van der Waals surface area contributed by atoms with Gasteiger partial charge in [0.05, 0.1) is 10.8 Å². The van der Waals surface area contributed by atoms with E-state index in [-0.39, 0.29) is 11.7 Å². The number of likely N-dealkylation sites (N-methyl/N-ethyl adjacent to an activating group) is 1. The maximum atomic E-state index is 12.0. The van der Waals surface area contributed by atoms with E-state index >= 15 is 0 Å². The van der Waals surface area contributed by atoms with Crippen LogP contribution in [0.2, 0.25) is 10.0 Å². The average Bonchev–Trinajstić information content (AvgIpc) is 2.38. The predicted octanol–water partition coefficient (Wildman–Crippen LogP) is 3.41. The third kappa shape index (κ3) is 4.04. The summed E-state index contributed by atoms with van der Waals surface area (Å²) in [6, 6.07) is 4.99. The Labute approximate surface area is 132 Å². The average molecular weight is 336 g/mol. The van der Waals surface area contributed by atoms with Gasteiger partial charge in [0.15, 0.2) is 0 Å². The molecule has 1 aromatic rings. The van der Waals surface area contributed by atoms with Crippen LogP contribution in [0.3, 0.4) is 0 Å². The fourth-order valence-electron chi connectivity index (χ4n) is 1.28. The Hall–Kier alpha value is -0.910. The van der Waals surface area contributed by atoms with Crippen LogP contribution in [0.1, 0.15) is 13.8 Å². The molecule has 7 heteroatoms. The van der Waals surface area contributed by atoms with Crippen molar-refractivity contribution in [3.05, 3.63) is 28.2 Å². The summed E-state index contributed by atoms with van der Waals surface area (Å²) in [6.45, 7) is 2.95. The molecule has 0 unspecified atom stereocenters. The number of benzene rings is 1. The molecule has 0 fully saturated rings. The molecule has 0 heterocycles. The van der Waals surface area contributed by atoms with Crippen LogP contribution in [0.4, 0.5) is 0 Å². The highest BCUT2D eigenvalue weighted by atomic mass is 35.5. The minimum absolute atomic E-state index is 0.0905. The first-order chi connectivity index (χ1) is 9.16. The molecule has 20 heavy (non-hydrogen) atoms. The first kappa shape index (κ1) is 17.1. The van der Waals surface area contributed by atoms with E-state index in [1.165, 1.54) is 37.6 Å². The molecule has 0 aromatic heterocycles. The molecule has 0 saturated carbocycles. The molecule has 0 saturated heterocycles. The van der Waals surface area contributed by atoms with Gasteiger partial charge in [-0.2, -0.15) is 0 Å². The number of rotatable bonds is 5. The fourth-order valence-corrected chi connectivity index (χ4v) is 2.69. The van der Waals surface area contributed by atoms with Gasteiger partial charge in [-0.15, -0.1) is 11.8 Å². The lowest BCUT2D eigenvalue weighted by atomic mass is 10.0. The molecule has 0 aliphatic rings. The van der Waals surface area contributed by atoms with Gasteiger partial charge >= 0.3 is 5.97 Å². The summed E-state index contributed by atoms with van der Waals surface area (Å²) in [5, 5.41) is 10.1. The van der Waals surface area contributed by atoms with Gasteiger partial charge in [0.25, 0.3) is 0 Å². The van der Waals surface area contributed by atoms with Crippen LogP contribution in [0.25, 0.3) is 0 Å². The van der Waals surface area contributed by atoms with E-state index < -0.39 is 11.5 Å². The van der Waals surface area contributed by atoms with Crippen LogP contribution in [-0.2, 0) is 9.59 Å². The lowest BCUT2D eigenvalue weighted by Gasteiger charge is -2.31. The molecule has 0 aliphatic carbocycles. The van der Waals surface area contributed by atoms with Crippen molar-refractivity contribution in [2.45, 2.75) is 24.3 Å². The number of hydrogen-bond acceptors (Lipinski definition) is 3. The Balaban J connectivity index is 2.73. The van der Waals surface area contributed by atoms with Gasteiger partial charge in [0.1, 0.15) is 5.54 Å². The van der Waals surface area contributed by atoms with Gasteiger partial charge in [-0.3, -0.25) is 4.79 Å². The molecule has 0 aliphatic heterocycles. The van der Waals surface area contributed by atoms with Crippen molar-refractivity contribution < 1.29 is 14.7 Å². The highest BCUT2D eigenvalue weighted by Crippen LogP contribution is 2.30. The third-order valence-corrected chi connectivity index (χ3v) is 4.70. The number of hydrogen-bond donors (Lipinski definition) is 1. The number of carbonyl (C=O) groups excluding carboxylic acids is 1. The number of thioether (sulfide) groups is 1. The summed E-state index contributed by atoms with van der Waals surface area (Å²) in [4.78, 5) is 25.0. The second-order valence-electron chi connectivity index (χ2n) is 4.68. The SMILES string of the molecule is CN(C(=O)CSc1cc(Cl)ccc1Cl)C(C)(C)C(=O)O. The van der Waals surface area contributed by atoms with Crippen LogP contribution in [0.5, 0.6) is 0 Å². The normalized spacial score (nSPS) is 11.2. The summed E-state index contributed by atoms with van der Waals surface area (Å²) in [6.07, 6.45) is 0. The Kier molecular flexibility index (Phi) is 5.74. The lowest BCUT2D eigenvalue weighted by Crippen LogP contribution is -2.51. The minimum atomic E-state index is -1.25. The minimum Gasteiger partial charge on any atom is -0.480 e.